The van der Waals surface area contributed by atoms with Crippen LogP contribution >= 0.6 is 0 Å². The van der Waals surface area contributed by atoms with Crippen LogP contribution in [0.2, 0.25) is 0 Å². The van der Waals surface area contributed by atoms with Gasteiger partial charge in [0.2, 0.25) is 0 Å². The van der Waals surface area contributed by atoms with Gasteiger partial charge in [-0.3, -0.25) is 25.0 Å². The number of aromatic nitrogens is 8. The standard InChI is InChI=1S/C27H24FN9/c1-37(2)7-3-4-16-8-17(10-18(28)9-16)20-12-30-14-24-25(20)34-27(33-24)26-19-11-21(23-13-29-5-6-31-23)32-15-22(19)35-36-26/h5-6,8-15H,3-4,7H2,1-2H3,(H,33,34)(H,35,36). The lowest BCUT2D eigenvalue weighted by atomic mass is 10.0. The Kier molecular flexibility index (Phi) is 5.85. The van der Waals surface area contributed by atoms with E-state index in [9.17, 15) is 4.39 Å². The number of pyridine rings is 2. The summed E-state index contributed by atoms with van der Waals surface area (Å²) in [6.45, 7) is 0.942. The summed E-state index contributed by atoms with van der Waals surface area (Å²) >= 11 is 0. The number of aromatic amines is 2. The fourth-order valence-corrected chi connectivity index (χ4v) is 4.47. The van der Waals surface area contributed by atoms with E-state index in [1.165, 1.54) is 6.07 Å². The molecule has 0 spiro atoms. The smallest absolute Gasteiger partial charge is 0.159 e. The molecule has 0 bridgehead atoms. The quantitative estimate of drug-likeness (QED) is 0.333. The lowest BCUT2D eigenvalue weighted by Gasteiger charge is -2.10. The van der Waals surface area contributed by atoms with Crippen LogP contribution in [0.4, 0.5) is 4.39 Å². The van der Waals surface area contributed by atoms with Crippen molar-refractivity contribution in [1.82, 2.24) is 45.0 Å². The molecule has 0 fully saturated rings. The Hall–Kier alpha value is -4.57. The van der Waals surface area contributed by atoms with Crippen molar-refractivity contribution in [3.05, 3.63) is 72.8 Å². The van der Waals surface area contributed by atoms with Crippen LogP contribution in [0, 0.1) is 5.82 Å². The topological polar surface area (TPSA) is 112 Å². The average molecular weight is 494 g/mol. The molecule has 0 saturated heterocycles. The van der Waals surface area contributed by atoms with Gasteiger partial charge in [-0.15, -0.1) is 0 Å². The molecule has 0 atom stereocenters. The van der Waals surface area contributed by atoms with E-state index in [0.29, 0.717) is 28.4 Å². The van der Waals surface area contributed by atoms with Crippen molar-refractivity contribution in [2.75, 3.05) is 20.6 Å². The number of benzene rings is 1. The number of hydrogen-bond acceptors (Lipinski definition) is 7. The molecule has 2 N–H and O–H groups in total. The Bertz CT molecular complexity index is 1710. The molecule has 10 heteroatoms. The highest BCUT2D eigenvalue weighted by Crippen LogP contribution is 2.32. The van der Waals surface area contributed by atoms with Gasteiger partial charge in [0.05, 0.1) is 40.8 Å². The molecular formula is C27H24FN9. The zero-order valence-corrected chi connectivity index (χ0v) is 20.4. The van der Waals surface area contributed by atoms with Crippen molar-refractivity contribution in [2.24, 2.45) is 0 Å². The van der Waals surface area contributed by atoms with Gasteiger partial charge >= 0.3 is 0 Å². The normalized spacial score (nSPS) is 11.7. The summed E-state index contributed by atoms with van der Waals surface area (Å²) < 4.78 is 14.6. The third-order valence-corrected chi connectivity index (χ3v) is 6.23. The maximum Gasteiger partial charge on any atom is 0.159 e. The van der Waals surface area contributed by atoms with Crippen LogP contribution in [0.1, 0.15) is 12.0 Å². The van der Waals surface area contributed by atoms with Gasteiger partial charge in [-0.2, -0.15) is 5.10 Å². The van der Waals surface area contributed by atoms with Crippen LogP contribution in [0.3, 0.4) is 0 Å². The lowest BCUT2D eigenvalue weighted by Crippen LogP contribution is -2.13. The molecule has 184 valence electrons. The highest BCUT2D eigenvalue weighted by molar-refractivity contribution is 5.97. The largest absolute Gasteiger partial charge is 0.335 e. The molecule has 0 radical (unpaired) electrons. The number of nitrogens with one attached hydrogen (secondary N) is 2. The van der Waals surface area contributed by atoms with E-state index >= 15 is 0 Å². The minimum absolute atomic E-state index is 0.271. The van der Waals surface area contributed by atoms with E-state index < -0.39 is 0 Å². The lowest BCUT2D eigenvalue weighted by molar-refractivity contribution is 0.400. The van der Waals surface area contributed by atoms with Gasteiger partial charge < -0.3 is 9.88 Å². The van der Waals surface area contributed by atoms with E-state index in [0.717, 1.165) is 52.5 Å². The van der Waals surface area contributed by atoms with Crippen molar-refractivity contribution < 1.29 is 4.39 Å². The van der Waals surface area contributed by atoms with Gasteiger partial charge in [0.25, 0.3) is 0 Å². The summed E-state index contributed by atoms with van der Waals surface area (Å²) in [6.07, 6.45) is 11.8. The number of H-pyrrole nitrogens is 2. The number of rotatable bonds is 7. The molecule has 5 heterocycles. The van der Waals surface area contributed by atoms with Crippen LogP contribution in [0.15, 0.2) is 61.4 Å². The number of nitrogens with zero attached hydrogens (tertiary/aromatic N) is 7. The van der Waals surface area contributed by atoms with Crippen LogP contribution in [-0.4, -0.2) is 65.6 Å². The van der Waals surface area contributed by atoms with Crippen LogP contribution < -0.4 is 0 Å². The van der Waals surface area contributed by atoms with E-state index in [2.05, 4.69) is 40.0 Å². The minimum Gasteiger partial charge on any atom is -0.335 e. The number of fused-ring (bicyclic) bond motifs is 2. The molecule has 0 amide bonds. The first-order valence-corrected chi connectivity index (χ1v) is 11.9. The first kappa shape index (κ1) is 22.9. The maximum atomic E-state index is 14.6. The Labute approximate surface area is 211 Å². The van der Waals surface area contributed by atoms with Crippen molar-refractivity contribution in [3.8, 4) is 34.0 Å². The second-order valence-electron chi connectivity index (χ2n) is 9.20. The molecular weight excluding hydrogens is 469 g/mol. The summed E-state index contributed by atoms with van der Waals surface area (Å²) in [7, 11) is 4.07. The molecule has 37 heavy (non-hydrogen) atoms. The van der Waals surface area contributed by atoms with Gasteiger partial charge in [-0.1, -0.05) is 6.07 Å². The summed E-state index contributed by atoms with van der Waals surface area (Å²) in [5, 5.41) is 8.36. The molecule has 0 aliphatic heterocycles. The highest BCUT2D eigenvalue weighted by atomic mass is 19.1. The molecule has 6 aromatic rings. The number of imidazole rings is 1. The summed E-state index contributed by atoms with van der Waals surface area (Å²) in [4.78, 5) is 27.7. The van der Waals surface area contributed by atoms with Crippen molar-refractivity contribution >= 4 is 21.9 Å². The SMILES string of the molecule is CN(C)CCCc1cc(F)cc(-c2cncc3[nH]c(-c4n[nH]c5cnc(-c6cnccn6)cc45)nc23)c1. The molecule has 6 rings (SSSR count). The zero-order chi connectivity index (χ0) is 25.4. The van der Waals surface area contributed by atoms with Gasteiger partial charge in [-0.05, 0) is 62.8 Å². The average Bonchev–Trinajstić information content (AvgIpc) is 3.52. The van der Waals surface area contributed by atoms with Crippen molar-refractivity contribution in [1.29, 1.82) is 0 Å². The summed E-state index contributed by atoms with van der Waals surface area (Å²) in [5.41, 5.74) is 6.67. The Balaban J connectivity index is 1.41. The molecule has 0 saturated carbocycles. The third-order valence-electron chi connectivity index (χ3n) is 6.23. The Morgan fingerprint density at radius 2 is 1.81 bits per heavy atom. The van der Waals surface area contributed by atoms with Gasteiger partial charge in [0.1, 0.15) is 17.2 Å². The first-order valence-electron chi connectivity index (χ1n) is 11.9. The molecule has 0 unspecified atom stereocenters. The van der Waals surface area contributed by atoms with Gasteiger partial charge in [0.15, 0.2) is 5.82 Å². The number of halogens is 1. The van der Waals surface area contributed by atoms with Crippen LogP contribution in [-0.2, 0) is 6.42 Å². The predicted molar refractivity (Wildman–Crippen MR) is 140 cm³/mol. The fraction of sp³-hybridized carbons (Fsp3) is 0.185. The Morgan fingerprint density at radius 3 is 2.65 bits per heavy atom. The number of hydrogen-bond donors (Lipinski definition) is 2. The third kappa shape index (κ3) is 4.54. The fourth-order valence-electron chi connectivity index (χ4n) is 4.47. The maximum absolute atomic E-state index is 14.6. The van der Waals surface area contributed by atoms with E-state index in [1.807, 2.05) is 26.2 Å². The summed E-state index contributed by atoms with van der Waals surface area (Å²) in [6, 6.07) is 7.06. The minimum atomic E-state index is -0.271. The monoisotopic (exact) mass is 493 g/mol. The zero-order valence-electron chi connectivity index (χ0n) is 20.4. The van der Waals surface area contributed by atoms with E-state index in [-0.39, 0.29) is 5.82 Å². The van der Waals surface area contributed by atoms with Crippen LogP contribution in [0.25, 0.3) is 56.0 Å². The highest BCUT2D eigenvalue weighted by Gasteiger charge is 2.17. The first-order chi connectivity index (χ1) is 18.0. The van der Waals surface area contributed by atoms with Crippen molar-refractivity contribution in [2.45, 2.75) is 12.8 Å². The summed E-state index contributed by atoms with van der Waals surface area (Å²) in [5.74, 6) is 0.307. The van der Waals surface area contributed by atoms with Crippen molar-refractivity contribution in [3.63, 3.8) is 0 Å². The van der Waals surface area contributed by atoms with E-state index in [4.69, 9.17) is 4.98 Å². The molecule has 0 aliphatic rings. The van der Waals surface area contributed by atoms with E-state index in [1.54, 1.807) is 43.2 Å². The second-order valence-corrected chi connectivity index (χ2v) is 9.20. The molecule has 5 aromatic heterocycles. The molecule has 0 aliphatic carbocycles. The second kappa shape index (κ2) is 9.47. The van der Waals surface area contributed by atoms with Gasteiger partial charge in [-0.25, -0.2) is 9.37 Å². The predicted octanol–water partition coefficient (Wildman–Crippen LogP) is 4.65. The molecule has 9 nitrogen and oxygen atoms in total. The van der Waals surface area contributed by atoms with Crippen LogP contribution in [0.5, 0.6) is 0 Å². The Morgan fingerprint density at radius 1 is 0.892 bits per heavy atom. The molecule has 1 aromatic carbocycles. The van der Waals surface area contributed by atoms with Gasteiger partial charge in [0, 0.05) is 29.5 Å². The number of aryl methyl sites for hydroxylation is 1.